The van der Waals surface area contributed by atoms with Crippen molar-refractivity contribution in [2.45, 2.75) is 231 Å². The molecule has 0 aromatic carbocycles. The molecule has 0 heterocycles. The summed E-state index contributed by atoms with van der Waals surface area (Å²) in [5, 5.41) is 22.9. The highest BCUT2D eigenvalue weighted by molar-refractivity contribution is 5.76. The van der Waals surface area contributed by atoms with Crippen LogP contribution in [0.3, 0.4) is 0 Å². The molecular weight excluding hydrogens is 566 g/mol. The Balaban J connectivity index is 3.51. The Hall–Kier alpha value is -1.13. The van der Waals surface area contributed by atoms with Crippen molar-refractivity contribution in [2.24, 2.45) is 0 Å². The molecule has 0 aliphatic rings. The van der Waals surface area contributed by atoms with E-state index in [0.717, 1.165) is 32.1 Å². The van der Waals surface area contributed by atoms with Crippen LogP contribution in [0.1, 0.15) is 219 Å². The summed E-state index contributed by atoms with van der Waals surface area (Å²) >= 11 is 0. The summed E-state index contributed by atoms with van der Waals surface area (Å²) in [6.07, 6.45) is 48.6. The first kappa shape index (κ1) is 44.9. The molecule has 3 N–H and O–H groups in total. The van der Waals surface area contributed by atoms with Crippen LogP contribution in [0, 0.1) is 0 Å². The van der Waals surface area contributed by atoms with Gasteiger partial charge in [-0.2, -0.15) is 0 Å². The van der Waals surface area contributed by atoms with Gasteiger partial charge in [-0.05, 0) is 32.1 Å². The summed E-state index contributed by atoms with van der Waals surface area (Å²) in [4.78, 5) is 12.3. The molecule has 2 atom stereocenters. The van der Waals surface area contributed by atoms with Crippen molar-refractivity contribution in [3.05, 3.63) is 24.3 Å². The van der Waals surface area contributed by atoms with Gasteiger partial charge in [-0.15, -0.1) is 0 Å². The first-order chi connectivity index (χ1) is 22.7. The van der Waals surface area contributed by atoms with E-state index in [1.165, 1.54) is 167 Å². The maximum Gasteiger partial charge on any atom is 0.220 e. The van der Waals surface area contributed by atoms with Gasteiger partial charge in [0, 0.05) is 6.42 Å². The maximum atomic E-state index is 12.3. The van der Waals surface area contributed by atoms with Gasteiger partial charge in [-0.25, -0.2) is 0 Å². The first-order valence-corrected chi connectivity index (χ1v) is 20.6. The third-order valence-electron chi connectivity index (χ3n) is 9.44. The van der Waals surface area contributed by atoms with Gasteiger partial charge in [0.2, 0.25) is 5.91 Å². The van der Waals surface area contributed by atoms with Crippen molar-refractivity contribution >= 4 is 5.91 Å². The van der Waals surface area contributed by atoms with E-state index in [1.54, 1.807) is 6.08 Å². The van der Waals surface area contributed by atoms with Gasteiger partial charge in [-0.3, -0.25) is 4.79 Å². The highest BCUT2D eigenvalue weighted by Gasteiger charge is 2.17. The molecule has 0 unspecified atom stereocenters. The molecule has 0 spiro atoms. The van der Waals surface area contributed by atoms with Crippen LogP contribution in [-0.4, -0.2) is 34.9 Å². The van der Waals surface area contributed by atoms with Crippen molar-refractivity contribution in [1.82, 2.24) is 5.32 Å². The second kappa shape index (κ2) is 38.3. The fourth-order valence-corrected chi connectivity index (χ4v) is 6.25. The molecule has 272 valence electrons. The van der Waals surface area contributed by atoms with Gasteiger partial charge < -0.3 is 15.5 Å². The van der Waals surface area contributed by atoms with Crippen LogP contribution in [0.2, 0.25) is 0 Å². The second-order valence-corrected chi connectivity index (χ2v) is 14.1. The summed E-state index contributed by atoms with van der Waals surface area (Å²) in [7, 11) is 0. The van der Waals surface area contributed by atoms with Gasteiger partial charge in [0.1, 0.15) is 0 Å². The molecule has 0 aromatic rings. The standard InChI is InChI=1S/C42H81NO3/c1-3-5-7-9-11-13-15-16-17-18-19-20-21-22-23-24-25-26-28-30-32-34-36-38-42(46)43-40(39-44)41(45)37-35-33-31-29-27-14-12-10-8-6-4-2/h27,29,35,37,40-41,44-45H,3-26,28,30-34,36,38-39H2,1-2H3,(H,43,46)/b29-27+,37-35+/t40-,41+/m0/s1. The Bertz CT molecular complexity index is 661. The molecule has 0 saturated carbocycles. The quantitative estimate of drug-likeness (QED) is 0.0464. The SMILES string of the molecule is CCCCCCC/C=C/CC/C=C/[C@@H](O)[C@H](CO)NC(=O)CCCCCCCCCCCCCCCCCCCCCCCCC. The Kier molecular flexibility index (Phi) is 37.4. The molecule has 46 heavy (non-hydrogen) atoms. The van der Waals surface area contributed by atoms with Crippen LogP contribution in [0.4, 0.5) is 0 Å². The monoisotopic (exact) mass is 648 g/mol. The first-order valence-electron chi connectivity index (χ1n) is 20.6. The number of hydrogen-bond acceptors (Lipinski definition) is 3. The van der Waals surface area contributed by atoms with Crippen LogP contribution in [-0.2, 0) is 4.79 Å². The highest BCUT2D eigenvalue weighted by atomic mass is 16.3. The van der Waals surface area contributed by atoms with Crippen molar-refractivity contribution in [1.29, 1.82) is 0 Å². The zero-order valence-electron chi connectivity index (χ0n) is 31.1. The normalized spacial score (nSPS) is 13.2. The van der Waals surface area contributed by atoms with Crippen molar-refractivity contribution in [3.8, 4) is 0 Å². The number of rotatable bonds is 37. The predicted octanol–water partition coefficient (Wildman–Crippen LogP) is 12.5. The molecule has 0 saturated heterocycles. The van der Waals surface area contributed by atoms with E-state index in [9.17, 15) is 15.0 Å². The molecule has 0 radical (unpaired) electrons. The summed E-state index contributed by atoms with van der Waals surface area (Å²) in [6, 6.07) is -0.632. The van der Waals surface area contributed by atoms with Gasteiger partial charge in [0.15, 0.2) is 0 Å². The summed E-state index contributed by atoms with van der Waals surface area (Å²) < 4.78 is 0. The number of carbonyl (C=O) groups is 1. The molecule has 1 amide bonds. The van der Waals surface area contributed by atoms with Crippen molar-refractivity contribution < 1.29 is 15.0 Å². The van der Waals surface area contributed by atoms with E-state index in [2.05, 4.69) is 31.3 Å². The summed E-state index contributed by atoms with van der Waals surface area (Å²) in [5.41, 5.74) is 0. The van der Waals surface area contributed by atoms with Crippen LogP contribution in [0.5, 0.6) is 0 Å². The van der Waals surface area contributed by atoms with Gasteiger partial charge >= 0.3 is 0 Å². The topological polar surface area (TPSA) is 69.6 Å². The van der Waals surface area contributed by atoms with E-state index in [-0.39, 0.29) is 12.5 Å². The molecule has 0 aromatic heterocycles. The third kappa shape index (κ3) is 34.2. The summed E-state index contributed by atoms with van der Waals surface area (Å²) in [5.74, 6) is -0.0723. The number of nitrogens with one attached hydrogen (secondary N) is 1. The fourth-order valence-electron chi connectivity index (χ4n) is 6.25. The van der Waals surface area contributed by atoms with Crippen LogP contribution in [0.25, 0.3) is 0 Å². The van der Waals surface area contributed by atoms with Crippen LogP contribution < -0.4 is 5.32 Å². The average molecular weight is 648 g/mol. The second-order valence-electron chi connectivity index (χ2n) is 14.1. The lowest BCUT2D eigenvalue weighted by Crippen LogP contribution is -2.45. The lowest BCUT2D eigenvalue weighted by atomic mass is 10.0. The number of aliphatic hydroxyl groups excluding tert-OH is 2. The molecule has 0 aliphatic heterocycles. The summed E-state index contributed by atoms with van der Waals surface area (Å²) in [6.45, 7) is 4.28. The van der Waals surface area contributed by atoms with Crippen molar-refractivity contribution in [3.63, 3.8) is 0 Å². The number of allylic oxidation sites excluding steroid dienone is 3. The third-order valence-corrected chi connectivity index (χ3v) is 9.44. The lowest BCUT2D eigenvalue weighted by molar-refractivity contribution is -0.123. The van der Waals surface area contributed by atoms with Gasteiger partial charge in [0.05, 0.1) is 18.8 Å². The molecule has 0 bridgehead atoms. The number of carbonyl (C=O) groups excluding carboxylic acids is 1. The van der Waals surface area contributed by atoms with Crippen LogP contribution >= 0.6 is 0 Å². The Morgan fingerprint density at radius 1 is 0.500 bits per heavy atom. The zero-order chi connectivity index (χ0) is 33.6. The minimum Gasteiger partial charge on any atom is -0.394 e. The Labute approximate surface area is 288 Å². The number of amides is 1. The highest BCUT2D eigenvalue weighted by Crippen LogP contribution is 2.16. The molecule has 0 aliphatic carbocycles. The molecule has 4 heteroatoms. The number of hydrogen-bond donors (Lipinski definition) is 3. The average Bonchev–Trinajstić information content (AvgIpc) is 3.06. The lowest BCUT2D eigenvalue weighted by Gasteiger charge is -2.19. The van der Waals surface area contributed by atoms with Gasteiger partial charge in [-0.1, -0.05) is 205 Å². The molecule has 0 rings (SSSR count). The van der Waals surface area contributed by atoms with E-state index >= 15 is 0 Å². The van der Waals surface area contributed by atoms with Crippen molar-refractivity contribution in [2.75, 3.05) is 6.61 Å². The Morgan fingerprint density at radius 3 is 1.26 bits per heavy atom. The molecule has 0 fully saturated rings. The van der Waals surface area contributed by atoms with E-state index in [1.807, 2.05) is 6.08 Å². The predicted molar refractivity (Wildman–Crippen MR) is 202 cm³/mol. The van der Waals surface area contributed by atoms with Gasteiger partial charge in [0.25, 0.3) is 0 Å². The fraction of sp³-hybridized carbons (Fsp3) is 0.881. The number of aliphatic hydroxyl groups is 2. The number of unbranched alkanes of at least 4 members (excludes halogenated alkanes) is 28. The van der Waals surface area contributed by atoms with E-state index in [0.29, 0.717) is 6.42 Å². The molecular formula is C42H81NO3. The minimum atomic E-state index is -0.856. The minimum absolute atomic E-state index is 0.0723. The smallest absolute Gasteiger partial charge is 0.220 e. The van der Waals surface area contributed by atoms with E-state index < -0.39 is 12.1 Å². The molecule has 4 nitrogen and oxygen atoms in total. The Morgan fingerprint density at radius 2 is 0.848 bits per heavy atom. The largest absolute Gasteiger partial charge is 0.394 e. The zero-order valence-corrected chi connectivity index (χ0v) is 31.1. The maximum absolute atomic E-state index is 12.3. The van der Waals surface area contributed by atoms with Crippen LogP contribution in [0.15, 0.2) is 24.3 Å². The van der Waals surface area contributed by atoms with E-state index in [4.69, 9.17) is 0 Å².